The summed E-state index contributed by atoms with van der Waals surface area (Å²) < 4.78 is 3.84. The zero-order valence-electron chi connectivity index (χ0n) is 16.2. The molecule has 0 aliphatic carbocycles. The number of nitrogens with zero attached hydrogens (tertiary/aromatic N) is 3. The van der Waals surface area contributed by atoms with Gasteiger partial charge in [0.05, 0.1) is 6.33 Å². The van der Waals surface area contributed by atoms with Crippen LogP contribution in [0.25, 0.3) is 5.69 Å². The molecule has 29 heavy (non-hydrogen) atoms. The van der Waals surface area contributed by atoms with Gasteiger partial charge in [0.25, 0.3) is 5.56 Å². The van der Waals surface area contributed by atoms with Gasteiger partial charge in [0.15, 0.2) is 0 Å². The molecule has 0 amide bonds. The van der Waals surface area contributed by atoms with Crippen molar-refractivity contribution in [3.63, 3.8) is 0 Å². The van der Waals surface area contributed by atoms with Gasteiger partial charge in [-0.1, -0.05) is 48.5 Å². The SMILES string of the molecule is O=c1ccccn1-c1ccc(CNCCc2cncn2Cc2ccccc2)cc1. The van der Waals surface area contributed by atoms with Crippen molar-refractivity contribution < 1.29 is 0 Å². The van der Waals surface area contributed by atoms with E-state index in [0.29, 0.717) is 0 Å². The van der Waals surface area contributed by atoms with Crippen LogP contribution in [0.15, 0.2) is 96.3 Å². The number of aromatic nitrogens is 3. The van der Waals surface area contributed by atoms with Crippen LogP contribution >= 0.6 is 0 Å². The number of rotatable bonds is 8. The summed E-state index contributed by atoms with van der Waals surface area (Å²) in [6, 6.07) is 23.7. The molecule has 0 atom stereocenters. The number of hydrogen-bond donors (Lipinski definition) is 1. The van der Waals surface area contributed by atoms with Gasteiger partial charge in [-0.25, -0.2) is 4.98 Å². The van der Waals surface area contributed by atoms with E-state index in [4.69, 9.17) is 0 Å². The quantitative estimate of drug-likeness (QED) is 0.474. The average Bonchev–Trinajstić information content (AvgIpc) is 3.20. The third-order valence-corrected chi connectivity index (χ3v) is 4.92. The Morgan fingerprint density at radius 1 is 0.862 bits per heavy atom. The zero-order valence-corrected chi connectivity index (χ0v) is 16.2. The lowest BCUT2D eigenvalue weighted by molar-refractivity contribution is 0.652. The van der Waals surface area contributed by atoms with E-state index in [0.717, 1.165) is 31.7 Å². The van der Waals surface area contributed by atoms with Crippen LogP contribution < -0.4 is 10.9 Å². The second-order valence-electron chi connectivity index (χ2n) is 7.00. The molecule has 4 aromatic rings. The van der Waals surface area contributed by atoms with Gasteiger partial charge in [0.2, 0.25) is 0 Å². The van der Waals surface area contributed by atoms with E-state index < -0.39 is 0 Å². The van der Waals surface area contributed by atoms with Crippen molar-refractivity contribution in [1.82, 2.24) is 19.4 Å². The summed E-state index contributed by atoms with van der Waals surface area (Å²) in [7, 11) is 0. The lowest BCUT2D eigenvalue weighted by Crippen LogP contribution is -2.18. The maximum absolute atomic E-state index is 11.9. The second kappa shape index (κ2) is 9.17. The molecule has 146 valence electrons. The normalized spacial score (nSPS) is 10.9. The summed E-state index contributed by atoms with van der Waals surface area (Å²) in [6.07, 6.45) is 6.54. The average molecular weight is 384 g/mol. The minimum atomic E-state index is -0.0227. The lowest BCUT2D eigenvalue weighted by atomic mass is 10.2. The molecule has 0 unspecified atom stereocenters. The van der Waals surface area contributed by atoms with Crippen molar-refractivity contribution in [2.75, 3.05) is 6.54 Å². The summed E-state index contributed by atoms with van der Waals surface area (Å²) in [6.45, 7) is 2.51. The standard InChI is InChI=1S/C24H24N4O/c29-24-8-4-5-15-28(24)22-11-9-20(10-12-22)16-25-14-13-23-17-26-19-27(23)18-21-6-2-1-3-7-21/h1-12,15,17,19,25H,13-14,16,18H2. The molecular formula is C24H24N4O. The molecule has 2 heterocycles. The van der Waals surface area contributed by atoms with Crippen LogP contribution in [0.1, 0.15) is 16.8 Å². The van der Waals surface area contributed by atoms with Crippen molar-refractivity contribution in [3.05, 3.63) is 119 Å². The maximum atomic E-state index is 11.9. The van der Waals surface area contributed by atoms with Gasteiger partial charge >= 0.3 is 0 Å². The molecule has 0 fully saturated rings. The first-order chi connectivity index (χ1) is 14.3. The van der Waals surface area contributed by atoms with E-state index in [9.17, 15) is 4.79 Å². The van der Waals surface area contributed by atoms with Gasteiger partial charge in [-0.2, -0.15) is 0 Å². The third-order valence-electron chi connectivity index (χ3n) is 4.92. The van der Waals surface area contributed by atoms with Crippen LogP contribution in [0, 0.1) is 0 Å². The van der Waals surface area contributed by atoms with Gasteiger partial charge in [0, 0.05) is 55.9 Å². The summed E-state index contributed by atoms with van der Waals surface area (Å²) in [5, 5.41) is 3.49. The molecule has 0 saturated heterocycles. The topological polar surface area (TPSA) is 51.9 Å². The molecule has 0 saturated carbocycles. The van der Waals surface area contributed by atoms with Gasteiger partial charge < -0.3 is 9.88 Å². The molecule has 4 rings (SSSR count). The van der Waals surface area contributed by atoms with E-state index >= 15 is 0 Å². The highest BCUT2D eigenvalue weighted by molar-refractivity contribution is 5.35. The lowest BCUT2D eigenvalue weighted by Gasteiger charge is -2.10. The van der Waals surface area contributed by atoms with Crippen LogP contribution in [-0.2, 0) is 19.5 Å². The summed E-state index contributed by atoms with van der Waals surface area (Å²) in [5.41, 5.74) is 4.54. The first-order valence-electron chi connectivity index (χ1n) is 9.80. The number of pyridine rings is 1. The molecular weight excluding hydrogens is 360 g/mol. The summed E-state index contributed by atoms with van der Waals surface area (Å²) in [4.78, 5) is 16.2. The molecule has 0 spiro atoms. The molecule has 0 radical (unpaired) electrons. The Balaban J connectivity index is 1.29. The largest absolute Gasteiger partial charge is 0.330 e. The van der Waals surface area contributed by atoms with Gasteiger partial charge in [-0.15, -0.1) is 0 Å². The highest BCUT2D eigenvalue weighted by Crippen LogP contribution is 2.09. The molecule has 2 aromatic heterocycles. The Morgan fingerprint density at radius 2 is 1.66 bits per heavy atom. The van der Waals surface area contributed by atoms with E-state index in [2.05, 4.69) is 51.3 Å². The molecule has 1 N–H and O–H groups in total. The van der Waals surface area contributed by atoms with Crippen molar-refractivity contribution >= 4 is 0 Å². The monoisotopic (exact) mass is 384 g/mol. The third kappa shape index (κ3) is 4.89. The van der Waals surface area contributed by atoms with Crippen molar-refractivity contribution in [2.45, 2.75) is 19.5 Å². The Labute approximate surface area is 170 Å². The zero-order chi connectivity index (χ0) is 19.9. The number of benzene rings is 2. The fraction of sp³-hybridized carbons (Fsp3) is 0.167. The van der Waals surface area contributed by atoms with Crippen molar-refractivity contribution in [3.8, 4) is 5.69 Å². The predicted molar refractivity (Wildman–Crippen MR) is 115 cm³/mol. The van der Waals surface area contributed by atoms with Crippen LogP contribution in [-0.4, -0.2) is 20.7 Å². The molecule has 5 nitrogen and oxygen atoms in total. The Hall–Kier alpha value is -3.44. The van der Waals surface area contributed by atoms with Gasteiger partial charge in [-0.3, -0.25) is 9.36 Å². The first-order valence-corrected chi connectivity index (χ1v) is 9.80. The van der Waals surface area contributed by atoms with Crippen LogP contribution in [0.3, 0.4) is 0 Å². The number of nitrogens with one attached hydrogen (secondary N) is 1. The van der Waals surface area contributed by atoms with Crippen LogP contribution in [0.5, 0.6) is 0 Å². The highest BCUT2D eigenvalue weighted by atomic mass is 16.1. The molecule has 0 aliphatic heterocycles. The Morgan fingerprint density at radius 3 is 2.45 bits per heavy atom. The molecule has 5 heteroatoms. The first kappa shape index (κ1) is 18.9. The fourth-order valence-electron chi connectivity index (χ4n) is 3.34. The maximum Gasteiger partial charge on any atom is 0.255 e. The molecule has 0 bridgehead atoms. The summed E-state index contributed by atoms with van der Waals surface area (Å²) >= 11 is 0. The number of imidazole rings is 1. The molecule has 0 aliphatic rings. The van der Waals surface area contributed by atoms with E-state index in [1.54, 1.807) is 22.9 Å². The van der Waals surface area contributed by atoms with E-state index in [-0.39, 0.29) is 5.56 Å². The van der Waals surface area contributed by atoms with Crippen molar-refractivity contribution in [2.24, 2.45) is 0 Å². The minimum Gasteiger partial charge on any atom is -0.330 e. The summed E-state index contributed by atoms with van der Waals surface area (Å²) in [5.74, 6) is 0. The van der Waals surface area contributed by atoms with Gasteiger partial charge in [-0.05, 0) is 29.3 Å². The number of hydrogen-bond acceptors (Lipinski definition) is 3. The van der Waals surface area contributed by atoms with Crippen molar-refractivity contribution in [1.29, 1.82) is 0 Å². The Bertz CT molecular complexity index is 1100. The van der Waals surface area contributed by atoms with Crippen LogP contribution in [0.4, 0.5) is 0 Å². The smallest absolute Gasteiger partial charge is 0.255 e. The second-order valence-corrected chi connectivity index (χ2v) is 7.00. The fourth-order valence-corrected chi connectivity index (χ4v) is 3.34. The van der Waals surface area contributed by atoms with E-state index in [1.165, 1.54) is 16.8 Å². The predicted octanol–water partition coefficient (Wildman–Crippen LogP) is 3.41. The van der Waals surface area contributed by atoms with Gasteiger partial charge in [0.1, 0.15) is 0 Å². The molecule has 2 aromatic carbocycles. The highest BCUT2D eigenvalue weighted by Gasteiger charge is 2.03. The van der Waals surface area contributed by atoms with Crippen LogP contribution in [0.2, 0.25) is 0 Å². The minimum absolute atomic E-state index is 0.0227. The van der Waals surface area contributed by atoms with E-state index in [1.807, 2.05) is 36.8 Å². The Kier molecular flexibility index (Phi) is 5.98.